The van der Waals surface area contributed by atoms with Crippen molar-refractivity contribution in [2.45, 2.75) is 6.18 Å². The van der Waals surface area contributed by atoms with E-state index in [-0.39, 0.29) is 5.33 Å². The first-order chi connectivity index (χ1) is 7.29. The minimum absolute atomic E-state index is 0.362. The van der Waals surface area contributed by atoms with E-state index in [0.717, 1.165) is 0 Å². The molecule has 1 nitrogen and oxygen atoms in total. The third kappa shape index (κ3) is 2.55. The highest BCUT2D eigenvalue weighted by molar-refractivity contribution is 9.09. The van der Waals surface area contributed by atoms with Crippen molar-refractivity contribution in [3.8, 4) is 0 Å². The molecule has 0 radical (unpaired) electrons. The molecule has 0 fully saturated rings. The van der Waals surface area contributed by atoms with Gasteiger partial charge in [0.1, 0.15) is 5.82 Å². The van der Waals surface area contributed by atoms with Crippen LogP contribution in [-0.2, 0) is 6.18 Å². The van der Waals surface area contributed by atoms with Crippen LogP contribution >= 0.6 is 27.5 Å². The van der Waals surface area contributed by atoms with E-state index >= 15 is 0 Å². The summed E-state index contributed by atoms with van der Waals surface area (Å²) in [4.78, 5) is 11.3. The van der Waals surface area contributed by atoms with Crippen molar-refractivity contribution in [1.29, 1.82) is 0 Å². The zero-order chi connectivity index (χ0) is 12.5. The molecule has 7 heteroatoms. The van der Waals surface area contributed by atoms with Gasteiger partial charge in [0.05, 0.1) is 21.5 Å². The second-order valence-corrected chi connectivity index (χ2v) is 3.78. The molecular formula is C9H4BrClF4O. The Morgan fingerprint density at radius 2 is 1.94 bits per heavy atom. The maximum absolute atomic E-state index is 13.0. The topological polar surface area (TPSA) is 17.1 Å². The molecule has 0 atom stereocenters. The van der Waals surface area contributed by atoms with Crippen molar-refractivity contribution in [3.05, 3.63) is 34.1 Å². The van der Waals surface area contributed by atoms with Crippen LogP contribution in [-0.4, -0.2) is 11.1 Å². The van der Waals surface area contributed by atoms with Gasteiger partial charge in [-0.1, -0.05) is 27.5 Å². The molecule has 0 saturated heterocycles. The molecule has 0 aliphatic rings. The molecule has 0 bridgehead atoms. The summed E-state index contributed by atoms with van der Waals surface area (Å²) < 4.78 is 50.5. The van der Waals surface area contributed by atoms with Crippen molar-refractivity contribution in [3.63, 3.8) is 0 Å². The van der Waals surface area contributed by atoms with Gasteiger partial charge in [0.25, 0.3) is 0 Å². The van der Waals surface area contributed by atoms with Gasteiger partial charge < -0.3 is 0 Å². The van der Waals surface area contributed by atoms with E-state index < -0.39 is 33.9 Å². The maximum atomic E-state index is 13.0. The van der Waals surface area contributed by atoms with E-state index in [9.17, 15) is 22.4 Å². The molecule has 0 spiro atoms. The fraction of sp³-hybridized carbons (Fsp3) is 0.222. The summed E-state index contributed by atoms with van der Waals surface area (Å²) in [6.45, 7) is 0. The van der Waals surface area contributed by atoms with Crippen molar-refractivity contribution in [2.24, 2.45) is 0 Å². The predicted molar refractivity (Wildman–Crippen MR) is 54.5 cm³/mol. The number of hydrogen-bond acceptors (Lipinski definition) is 1. The van der Waals surface area contributed by atoms with Gasteiger partial charge in [0.2, 0.25) is 0 Å². The van der Waals surface area contributed by atoms with Gasteiger partial charge in [0.15, 0.2) is 5.78 Å². The number of ketones is 1. The van der Waals surface area contributed by atoms with E-state index in [1.54, 1.807) is 0 Å². The van der Waals surface area contributed by atoms with E-state index in [1.807, 2.05) is 0 Å². The second-order valence-electron chi connectivity index (χ2n) is 2.84. The van der Waals surface area contributed by atoms with Crippen LogP contribution in [0, 0.1) is 5.82 Å². The second kappa shape index (κ2) is 4.71. The summed E-state index contributed by atoms with van der Waals surface area (Å²) in [5, 5.41) is -1.17. The number of halogens is 6. The van der Waals surface area contributed by atoms with E-state index in [1.165, 1.54) is 0 Å². The zero-order valence-corrected chi connectivity index (χ0v) is 9.88. The first-order valence-corrected chi connectivity index (χ1v) is 5.43. The Kier molecular flexibility index (Phi) is 3.96. The SMILES string of the molecule is O=C(CBr)c1c(C(F)(F)F)ccc(F)c1Cl. The van der Waals surface area contributed by atoms with Gasteiger partial charge in [0, 0.05) is 0 Å². The van der Waals surface area contributed by atoms with Crippen LogP contribution in [0.25, 0.3) is 0 Å². The van der Waals surface area contributed by atoms with Crippen molar-refractivity contribution < 1.29 is 22.4 Å². The Morgan fingerprint density at radius 3 is 2.38 bits per heavy atom. The smallest absolute Gasteiger partial charge is 0.293 e. The van der Waals surface area contributed by atoms with Gasteiger partial charge in [-0.3, -0.25) is 4.79 Å². The van der Waals surface area contributed by atoms with E-state index in [4.69, 9.17) is 11.6 Å². The number of hydrogen-bond donors (Lipinski definition) is 0. The van der Waals surface area contributed by atoms with Crippen LogP contribution in [0.3, 0.4) is 0 Å². The summed E-state index contributed by atoms with van der Waals surface area (Å²) in [7, 11) is 0. The molecule has 0 aromatic heterocycles. The highest BCUT2D eigenvalue weighted by atomic mass is 79.9. The number of benzene rings is 1. The summed E-state index contributed by atoms with van der Waals surface area (Å²) in [5.41, 5.74) is -2.07. The Morgan fingerprint density at radius 1 is 1.38 bits per heavy atom. The molecule has 0 N–H and O–H groups in total. The lowest BCUT2D eigenvalue weighted by molar-refractivity contribution is -0.137. The fourth-order valence-electron chi connectivity index (χ4n) is 1.13. The average molecular weight is 319 g/mol. The fourth-order valence-corrected chi connectivity index (χ4v) is 1.68. The molecule has 1 rings (SSSR count). The predicted octanol–water partition coefficient (Wildman–Crippen LogP) is 4.08. The third-order valence-corrected chi connectivity index (χ3v) is 2.68. The Labute approximate surface area is 102 Å². The average Bonchev–Trinajstić information content (AvgIpc) is 2.19. The van der Waals surface area contributed by atoms with Gasteiger partial charge >= 0.3 is 6.18 Å². The van der Waals surface area contributed by atoms with Crippen LogP contribution in [0.2, 0.25) is 5.02 Å². The summed E-state index contributed by atoms with van der Waals surface area (Å²) in [6.07, 6.45) is -4.75. The van der Waals surface area contributed by atoms with Crippen LogP contribution in [0.4, 0.5) is 17.6 Å². The molecule has 88 valence electrons. The Bertz CT molecular complexity index is 430. The summed E-state index contributed by atoms with van der Waals surface area (Å²) in [6, 6.07) is 1.08. The van der Waals surface area contributed by atoms with Crippen molar-refractivity contribution in [1.82, 2.24) is 0 Å². The van der Waals surface area contributed by atoms with Crippen LogP contribution in [0.15, 0.2) is 12.1 Å². The van der Waals surface area contributed by atoms with E-state index in [2.05, 4.69) is 15.9 Å². The Balaban J connectivity index is 3.51. The zero-order valence-electron chi connectivity index (χ0n) is 7.54. The highest BCUT2D eigenvalue weighted by Gasteiger charge is 2.36. The standard InChI is InChI=1S/C9H4BrClF4O/c10-3-6(16)7-4(9(13,14)15)1-2-5(12)8(7)11/h1-2H,3H2. The third-order valence-electron chi connectivity index (χ3n) is 1.80. The largest absolute Gasteiger partial charge is 0.417 e. The van der Waals surface area contributed by atoms with Crippen LogP contribution < -0.4 is 0 Å². The van der Waals surface area contributed by atoms with Crippen LogP contribution in [0.1, 0.15) is 15.9 Å². The maximum Gasteiger partial charge on any atom is 0.417 e. The molecule has 16 heavy (non-hydrogen) atoms. The molecule has 0 aliphatic carbocycles. The molecule has 0 unspecified atom stereocenters. The minimum Gasteiger partial charge on any atom is -0.293 e. The molecule has 1 aromatic rings. The molecule has 0 amide bonds. The lowest BCUT2D eigenvalue weighted by Gasteiger charge is -2.12. The first kappa shape index (κ1) is 13.4. The summed E-state index contributed by atoms with van der Waals surface area (Å²) in [5.74, 6) is -1.98. The lowest BCUT2D eigenvalue weighted by atomic mass is 10.0. The Hall–Kier alpha value is -0.620. The van der Waals surface area contributed by atoms with Crippen molar-refractivity contribution >= 4 is 33.3 Å². The number of Topliss-reactive ketones (excluding diaryl/α,β-unsaturated/α-hetero) is 1. The number of carbonyl (C=O) groups excluding carboxylic acids is 1. The molecule has 0 aliphatic heterocycles. The molecule has 1 aromatic carbocycles. The molecular weight excluding hydrogens is 315 g/mol. The van der Waals surface area contributed by atoms with Gasteiger partial charge in [-0.05, 0) is 12.1 Å². The first-order valence-electron chi connectivity index (χ1n) is 3.93. The normalized spacial score (nSPS) is 11.6. The summed E-state index contributed by atoms with van der Waals surface area (Å²) >= 11 is 8.07. The van der Waals surface area contributed by atoms with Gasteiger partial charge in [-0.25, -0.2) is 4.39 Å². The highest BCUT2D eigenvalue weighted by Crippen LogP contribution is 2.36. The molecule has 0 saturated carbocycles. The number of rotatable bonds is 2. The minimum atomic E-state index is -4.75. The number of alkyl halides is 4. The van der Waals surface area contributed by atoms with E-state index in [0.29, 0.717) is 12.1 Å². The monoisotopic (exact) mass is 318 g/mol. The van der Waals surface area contributed by atoms with Crippen molar-refractivity contribution in [2.75, 3.05) is 5.33 Å². The van der Waals surface area contributed by atoms with Crippen LogP contribution in [0.5, 0.6) is 0 Å². The number of carbonyl (C=O) groups is 1. The lowest BCUT2D eigenvalue weighted by Crippen LogP contribution is -2.15. The molecule has 0 heterocycles. The quantitative estimate of drug-likeness (QED) is 0.456. The van der Waals surface area contributed by atoms with Gasteiger partial charge in [-0.2, -0.15) is 13.2 Å². The van der Waals surface area contributed by atoms with Gasteiger partial charge in [-0.15, -0.1) is 0 Å².